The molecule has 15 atom stereocenters. The molecule has 1 saturated heterocycles. The van der Waals surface area contributed by atoms with Gasteiger partial charge in [0.05, 0.1) is 31.5 Å². The molecule has 254 valence electrons. The van der Waals surface area contributed by atoms with E-state index in [9.17, 15) is 30.6 Å². The fraction of sp³-hybridized carbons (Fsp3) is 0.944. The molecule has 6 N–H and O–H groups in total. The van der Waals surface area contributed by atoms with Crippen LogP contribution in [0.5, 0.6) is 0 Å². The predicted molar refractivity (Wildman–Crippen MR) is 169 cm³/mol. The zero-order valence-corrected chi connectivity index (χ0v) is 28.3. The average molecular weight is 623 g/mol. The fourth-order valence-corrected chi connectivity index (χ4v) is 11.7. The first kappa shape index (κ1) is 34.7. The molecule has 0 spiro atoms. The second kappa shape index (κ2) is 12.5. The molecule has 0 radical (unpaired) electrons. The van der Waals surface area contributed by atoms with Crippen LogP contribution >= 0.6 is 0 Å². The van der Waals surface area contributed by atoms with E-state index in [0.717, 1.165) is 57.8 Å². The Morgan fingerprint density at radius 3 is 2.16 bits per heavy atom. The van der Waals surface area contributed by atoms with Crippen LogP contribution in [0.1, 0.15) is 106 Å². The van der Waals surface area contributed by atoms with Gasteiger partial charge in [0.15, 0.2) is 0 Å². The summed E-state index contributed by atoms with van der Waals surface area (Å²) in [5.41, 5.74) is 1.19. The third-order valence-electron chi connectivity index (χ3n) is 14.4. The molecule has 0 aromatic carbocycles. The van der Waals surface area contributed by atoms with Gasteiger partial charge >= 0.3 is 0 Å². The lowest BCUT2D eigenvalue weighted by molar-refractivity contribution is -0.251. The highest BCUT2D eigenvalue weighted by Gasteiger charge is 2.70. The Bertz CT molecular complexity index is 1040. The van der Waals surface area contributed by atoms with Crippen LogP contribution in [0.3, 0.4) is 0 Å². The topological polar surface area (TPSA) is 140 Å². The van der Waals surface area contributed by atoms with E-state index in [2.05, 4.69) is 54.5 Å². The van der Waals surface area contributed by atoms with Crippen molar-refractivity contribution >= 4 is 0 Å². The van der Waals surface area contributed by atoms with Gasteiger partial charge in [-0.15, -0.1) is 0 Å². The van der Waals surface area contributed by atoms with Crippen molar-refractivity contribution in [1.29, 1.82) is 0 Å². The number of fused-ring (bicyclic) bond motifs is 5. The second-order valence-electron chi connectivity index (χ2n) is 17.0. The number of aliphatic hydroxyl groups excluding tert-OH is 6. The zero-order valence-electron chi connectivity index (χ0n) is 28.3. The van der Waals surface area contributed by atoms with Gasteiger partial charge in [-0.1, -0.05) is 46.3 Å². The summed E-state index contributed by atoms with van der Waals surface area (Å²) in [6, 6.07) is 0. The Kier molecular flexibility index (Phi) is 9.84. The van der Waals surface area contributed by atoms with Gasteiger partial charge in [0, 0.05) is 0 Å². The molecule has 0 amide bonds. The second-order valence-corrected chi connectivity index (χ2v) is 17.0. The lowest BCUT2D eigenvalue weighted by Crippen LogP contribution is -2.66. The first-order valence-corrected chi connectivity index (χ1v) is 17.4. The third kappa shape index (κ3) is 5.45. The van der Waals surface area contributed by atoms with Crippen LogP contribution in [0.15, 0.2) is 11.6 Å². The Morgan fingerprint density at radius 2 is 1.50 bits per heavy atom. The minimum absolute atomic E-state index is 0.0357. The number of aliphatic hydroxyl groups is 6. The monoisotopic (exact) mass is 622 g/mol. The first-order chi connectivity index (χ1) is 20.5. The summed E-state index contributed by atoms with van der Waals surface area (Å²) in [5.74, 6) is 1.03. The van der Waals surface area contributed by atoms with Crippen molar-refractivity contribution in [3.05, 3.63) is 11.6 Å². The summed E-state index contributed by atoms with van der Waals surface area (Å²) in [7, 11) is 0. The van der Waals surface area contributed by atoms with Crippen molar-refractivity contribution in [2.24, 2.45) is 45.3 Å². The number of allylic oxidation sites excluding steroid dienone is 2. The van der Waals surface area contributed by atoms with Gasteiger partial charge in [-0.3, -0.25) is 0 Å². The van der Waals surface area contributed by atoms with E-state index in [0.29, 0.717) is 11.8 Å². The molecule has 5 rings (SSSR count). The quantitative estimate of drug-likeness (QED) is 0.224. The van der Waals surface area contributed by atoms with Crippen LogP contribution in [-0.4, -0.2) is 92.7 Å². The standard InChI is InChI=1S/C36H62O8/c1-20(2)9-8-10-23(43-19-25-31(41)32(42)30(40)24(18-37)44-25)21-11-15-36(7)29(21)22(38)17-27-34(5)14-13-28(39)33(3,4)26(34)12-16-35(27,36)6/h9,21-32,37-42H,8,10-19H2,1-7H3. The SMILES string of the molecule is CC(C)=CCCC(OCC1OC(CO)C(O)C(O)C1O)C1CCC2(C)C1C(O)CC1C3(C)CCC(O)C(C)(C)C3CCC12C. The summed E-state index contributed by atoms with van der Waals surface area (Å²) < 4.78 is 12.4. The molecule has 1 aliphatic heterocycles. The van der Waals surface area contributed by atoms with Gasteiger partial charge in [-0.25, -0.2) is 0 Å². The van der Waals surface area contributed by atoms with Gasteiger partial charge < -0.3 is 40.1 Å². The number of ether oxygens (including phenoxy) is 2. The lowest BCUT2D eigenvalue weighted by atomic mass is 9.35. The van der Waals surface area contributed by atoms with Crippen LogP contribution < -0.4 is 0 Å². The highest BCUT2D eigenvalue weighted by atomic mass is 16.6. The molecule has 5 fully saturated rings. The first-order valence-electron chi connectivity index (χ1n) is 17.4. The molecule has 8 nitrogen and oxygen atoms in total. The number of hydrogen-bond donors (Lipinski definition) is 6. The fourth-order valence-electron chi connectivity index (χ4n) is 11.7. The minimum atomic E-state index is -1.42. The minimum Gasteiger partial charge on any atom is -0.394 e. The van der Waals surface area contributed by atoms with Crippen LogP contribution in [0, 0.1) is 45.3 Å². The van der Waals surface area contributed by atoms with E-state index in [1.54, 1.807) is 0 Å². The molecule has 44 heavy (non-hydrogen) atoms. The Labute approximate surface area is 265 Å². The van der Waals surface area contributed by atoms with Crippen molar-refractivity contribution in [1.82, 2.24) is 0 Å². The predicted octanol–water partition coefficient (Wildman–Crippen LogP) is 3.98. The maximum atomic E-state index is 12.1. The van der Waals surface area contributed by atoms with Crippen LogP contribution in [0.4, 0.5) is 0 Å². The van der Waals surface area contributed by atoms with E-state index in [1.807, 2.05) is 0 Å². The molecule has 1 heterocycles. The van der Waals surface area contributed by atoms with Crippen molar-refractivity contribution in [2.45, 2.75) is 155 Å². The van der Waals surface area contributed by atoms with E-state index >= 15 is 0 Å². The number of hydrogen-bond acceptors (Lipinski definition) is 8. The van der Waals surface area contributed by atoms with Crippen molar-refractivity contribution in [3.8, 4) is 0 Å². The number of rotatable bonds is 8. The highest BCUT2D eigenvalue weighted by molar-refractivity contribution is 5.19. The van der Waals surface area contributed by atoms with Gasteiger partial charge in [-0.2, -0.15) is 0 Å². The van der Waals surface area contributed by atoms with Crippen LogP contribution in [0.2, 0.25) is 0 Å². The summed E-state index contributed by atoms with van der Waals surface area (Å²) in [4.78, 5) is 0. The Morgan fingerprint density at radius 1 is 0.841 bits per heavy atom. The molecular formula is C36H62O8. The molecule has 4 aliphatic carbocycles. The maximum Gasteiger partial charge on any atom is 0.111 e. The molecule has 8 heteroatoms. The summed E-state index contributed by atoms with van der Waals surface area (Å²) >= 11 is 0. The third-order valence-corrected chi connectivity index (χ3v) is 14.4. The molecule has 0 aromatic heterocycles. The molecule has 0 bridgehead atoms. The summed E-state index contributed by atoms with van der Waals surface area (Å²) in [6.45, 7) is 15.7. The van der Waals surface area contributed by atoms with E-state index < -0.39 is 43.2 Å². The average Bonchev–Trinajstić information content (AvgIpc) is 3.33. The summed E-state index contributed by atoms with van der Waals surface area (Å²) in [5, 5.41) is 64.1. The Hall–Kier alpha value is -0.580. The molecule has 5 aliphatic rings. The molecular weight excluding hydrogens is 560 g/mol. The van der Waals surface area contributed by atoms with Crippen LogP contribution in [0.25, 0.3) is 0 Å². The van der Waals surface area contributed by atoms with Gasteiger partial charge in [0.2, 0.25) is 0 Å². The zero-order chi connectivity index (χ0) is 32.4. The van der Waals surface area contributed by atoms with Crippen molar-refractivity contribution < 1.29 is 40.1 Å². The van der Waals surface area contributed by atoms with E-state index in [1.165, 1.54) is 5.57 Å². The van der Waals surface area contributed by atoms with E-state index in [-0.39, 0.29) is 52.3 Å². The van der Waals surface area contributed by atoms with Crippen molar-refractivity contribution in [3.63, 3.8) is 0 Å². The normalized spacial score (nSPS) is 50.7. The smallest absolute Gasteiger partial charge is 0.111 e. The van der Waals surface area contributed by atoms with Gasteiger partial charge in [-0.05, 0) is 117 Å². The lowest BCUT2D eigenvalue weighted by Gasteiger charge is -2.70. The maximum absolute atomic E-state index is 12.1. The molecule has 0 aromatic rings. The highest BCUT2D eigenvalue weighted by Crippen LogP contribution is 2.75. The largest absolute Gasteiger partial charge is 0.394 e. The Balaban J connectivity index is 1.40. The molecule has 15 unspecified atom stereocenters. The van der Waals surface area contributed by atoms with E-state index in [4.69, 9.17) is 9.47 Å². The van der Waals surface area contributed by atoms with Crippen molar-refractivity contribution in [2.75, 3.05) is 13.2 Å². The molecule has 4 saturated carbocycles. The van der Waals surface area contributed by atoms with Gasteiger partial charge in [0.1, 0.15) is 30.5 Å². The summed E-state index contributed by atoms with van der Waals surface area (Å²) in [6.07, 6.45) is 3.77. The van der Waals surface area contributed by atoms with Crippen LogP contribution in [-0.2, 0) is 9.47 Å². The van der Waals surface area contributed by atoms with Gasteiger partial charge in [0.25, 0.3) is 0 Å².